The summed E-state index contributed by atoms with van der Waals surface area (Å²) < 4.78 is 4.55. The molecule has 4 nitrogen and oxygen atoms in total. The molecule has 1 rings (SSSR count). The van der Waals surface area contributed by atoms with Gasteiger partial charge in [-0.3, -0.25) is 9.59 Å². The largest absolute Gasteiger partial charge is 0.469 e. The summed E-state index contributed by atoms with van der Waals surface area (Å²) in [7, 11) is 3.06. The number of methoxy groups -OCH3 is 1. The summed E-state index contributed by atoms with van der Waals surface area (Å²) in [5, 5.41) is 0. The van der Waals surface area contributed by atoms with E-state index in [0.29, 0.717) is 13.0 Å². The van der Waals surface area contributed by atoms with Crippen molar-refractivity contribution in [2.24, 2.45) is 0 Å². The molecule has 1 amide bonds. The minimum Gasteiger partial charge on any atom is -0.469 e. The summed E-state index contributed by atoms with van der Waals surface area (Å²) in [4.78, 5) is 25.6. The van der Waals surface area contributed by atoms with E-state index >= 15 is 0 Å². The van der Waals surface area contributed by atoms with Gasteiger partial charge in [-0.05, 0) is 19.1 Å². The molecule has 0 saturated heterocycles. The number of nitrogens with zero attached hydrogens (tertiary/aromatic N) is 1. The standard InChI is InChI=1S/C15H21NO3S/c1-12-4-6-13(7-5-12)20-11-9-14(17)16(2)10-8-15(18)19-3/h4-7H,8-11H2,1-3H3. The molecule has 0 atom stereocenters. The Labute approximate surface area is 124 Å². The van der Waals surface area contributed by atoms with E-state index in [-0.39, 0.29) is 18.3 Å². The summed E-state index contributed by atoms with van der Waals surface area (Å²) in [5.74, 6) is 0.497. The lowest BCUT2D eigenvalue weighted by molar-refractivity contribution is -0.141. The van der Waals surface area contributed by atoms with E-state index in [0.717, 1.165) is 5.75 Å². The average molecular weight is 295 g/mol. The first-order valence-corrected chi connectivity index (χ1v) is 7.51. The second-order valence-corrected chi connectivity index (χ2v) is 5.72. The molecule has 0 bridgehead atoms. The van der Waals surface area contributed by atoms with Crippen LogP contribution in [0.2, 0.25) is 0 Å². The fraction of sp³-hybridized carbons (Fsp3) is 0.467. The quantitative estimate of drug-likeness (QED) is 0.573. The Morgan fingerprint density at radius 1 is 1.20 bits per heavy atom. The van der Waals surface area contributed by atoms with Crippen LogP contribution in [0.15, 0.2) is 29.2 Å². The number of carbonyl (C=O) groups is 2. The van der Waals surface area contributed by atoms with Gasteiger partial charge < -0.3 is 9.64 Å². The smallest absolute Gasteiger partial charge is 0.307 e. The minimum atomic E-state index is -0.293. The Hall–Kier alpha value is -1.49. The molecule has 0 aliphatic heterocycles. The van der Waals surface area contributed by atoms with Crippen LogP contribution in [0.3, 0.4) is 0 Å². The van der Waals surface area contributed by atoms with Crippen molar-refractivity contribution >= 4 is 23.6 Å². The Morgan fingerprint density at radius 3 is 2.45 bits per heavy atom. The van der Waals surface area contributed by atoms with Crippen LogP contribution in [-0.2, 0) is 14.3 Å². The zero-order chi connectivity index (χ0) is 15.0. The fourth-order valence-corrected chi connectivity index (χ4v) is 2.41. The number of benzene rings is 1. The molecular weight excluding hydrogens is 274 g/mol. The van der Waals surface area contributed by atoms with E-state index < -0.39 is 0 Å². The summed E-state index contributed by atoms with van der Waals surface area (Å²) in [6.07, 6.45) is 0.708. The van der Waals surface area contributed by atoms with Crippen molar-refractivity contribution in [2.75, 3.05) is 26.5 Å². The molecule has 0 aromatic heterocycles. The number of aryl methyl sites for hydroxylation is 1. The van der Waals surface area contributed by atoms with Gasteiger partial charge in [0.15, 0.2) is 0 Å². The van der Waals surface area contributed by atoms with Gasteiger partial charge in [0.05, 0.1) is 13.5 Å². The SMILES string of the molecule is COC(=O)CCN(C)C(=O)CCSc1ccc(C)cc1. The predicted octanol–water partition coefficient (Wildman–Crippen LogP) is 2.50. The lowest BCUT2D eigenvalue weighted by Gasteiger charge is -2.16. The summed E-state index contributed by atoms with van der Waals surface area (Å²) in [6, 6.07) is 8.25. The monoisotopic (exact) mass is 295 g/mol. The normalized spacial score (nSPS) is 10.2. The molecule has 110 valence electrons. The highest BCUT2D eigenvalue weighted by Crippen LogP contribution is 2.19. The van der Waals surface area contributed by atoms with Crippen LogP contribution in [0, 0.1) is 6.92 Å². The van der Waals surface area contributed by atoms with Crippen LogP contribution >= 0.6 is 11.8 Å². The van der Waals surface area contributed by atoms with Gasteiger partial charge in [-0.2, -0.15) is 0 Å². The van der Waals surface area contributed by atoms with Crippen LogP contribution in [-0.4, -0.2) is 43.2 Å². The van der Waals surface area contributed by atoms with E-state index in [9.17, 15) is 9.59 Å². The molecule has 0 heterocycles. The highest BCUT2D eigenvalue weighted by atomic mass is 32.2. The molecule has 5 heteroatoms. The van der Waals surface area contributed by atoms with Crippen LogP contribution in [0.4, 0.5) is 0 Å². The van der Waals surface area contributed by atoms with Gasteiger partial charge in [0.1, 0.15) is 0 Å². The Bertz CT molecular complexity index is 445. The number of amides is 1. The van der Waals surface area contributed by atoms with E-state index in [1.54, 1.807) is 23.7 Å². The highest BCUT2D eigenvalue weighted by molar-refractivity contribution is 7.99. The fourth-order valence-electron chi connectivity index (χ4n) is 1.57. The Kier molecular flexibility index (Phi) is 7.15. The molecule has 0 aliphatic rings. The van der Waals surface area contributed by atoms with Crippen LogP contribution in [0.25, 0.3) is 0 Å². The summed E-state index contributed by atoms with van der Waals surface area (Å²) in [6.45, 7) is 2.45. The first kappa shape index (κ1) is 16.6. The number of rotatable bonds is 7. The third kappa shape index (κ3) is 6.10. The van der Waals surface area contributed by atoms with Gasteiger partial charge in [0.2, 0.25) is 5.91 Å². The number of thioether (sulfide) groups is 1. The van der Waals surface area contributed by atoms with E-state index in [1.807, 2.05) is 6.92 Å². The van der Waals surface area contributed by atoms with Gasteiger partial charge >= 0.3 is 5.97 Å². The van der Waals surface area contributed by atoms with Crippen molar-refractivity contribution < 1.29 is 14.3 Å². The van der Waals surface area contributed by atoms with Gasteiger partial charge in [-0.25, -0.2) is 0 Å². The van der Waals surface area contributed by atoms with Crippen molar-refractivity contribution in [3.8, 4) is 0 Å². The third-order valence-corrected chi connectivity index (χ3v) is 3.92. The second kappa shape index (κ2) is 8.64. The zero-order valence-corrected chi connectivity index (χ0v) is 13.0. The number of carbonyl (C=O) groups excluding carboxylic acids is 2. The third-order valence-electron chi connectivity index (χ3n) is 2.91. The molecule has 1 aromatic carbocycles. The average Bonchev–Trinajstić information content (AvgIpc) is 2.46. The van der Waals surface area contributed by atoms with E-state index in [1.165, 1.54) is 17.6 Å². The van der Waals surface area contributed by atoms with Crippen molar-refractivity contribution in [1.82, 2.24) is 4.90 Å². The molecule has 1 aromatic rings. The first-order valence-electron chi connectivity index (χ1n) is 6.53. The number of hydrogen-bond donors (Lipinski definition) is 0. The molecule has 0 aliphatic carbocycles. The maximum absolute atomic E-state index is 11.8. The van der Waals surface area contributed by atoms with Crippen molar-refractivity contribution in [1.29, 1.82) is 0 Å². The molecule has 0 unspecified atom stereocenters. The van der Waals surface area contributed by atoms with Crippen LogP contribution in [0.5, 0.6) is 0 Å². The maximum atomic E-state index is 11.8. The number of esters is 1. The van der Waals surface area contributed by atoms with Gasteiger partial charge in [-0.1, -0.05) is 17.7 Å². The predicted molar refractivity (Wildman–Crippen MR) is 80.8 cm³/mol. The first-order chi connectivity index (χ1) is 9.52. The maximum Gasteiger partial charge on any atom is 0.307 e. The molecule has 0 fully saturated rings. The van der Waals surface area contributed by atoms with E-state index in [2.05, 4.69) is 29.0 Å². The number of ether oxygens (including phenoxy) is 1. The van der Waals surface area contributed by atoms with Crippen molar-refractivity contribution in [2.45, 2.75) is 24.7 Å². The molecule has 0 radical (unpaired) electrons. The Morgan fingerprint density at radius 2 is 1.85 bits per heavy atom. The summed E-state index contributed by atoms with van der Waals surface area (Å²) in [5.41, 5.74) is 1.23. The minimum absolute atomic E-state index is 0.0496. The molecule has 0 spiro atoms. The molecule has 0 N–H and O–H groups in total. The van der Waals surface area contributed by atoms with Gasteiger partial charge in [0.25, 0.3) is 0 Å². The zero-order valence-electron chi connectivity index (χ0n) is 12.2. The molecule has 20 heavy (non-hydrogen) atoms. The van der Waals surface area contributed by atoms with Crippen LogP contribution in [0.1, 0.15) is 18.4 Å². The molecular formula is C15H21NO3S. The highest BCUT2D eigenvalue weighted by Gasteiger charge is 2.10. The lowest BCUT2D eigenvalue weighted by atomic mass is 10.2. The van der Waals surface area contributed by atoms with Crippen LogP contribution < -0.4 is 0 Å². The number of hydrogen-bond acceptors (Lipinski definition) is 4. The van der Waals surface area contributed by atoms with E-state index in [4.69, 9.17) is 0 Å². The summed E-state index contributed by atoms with van der Waals surface area (Å²) >= 11 is 1.66. The topological polar surface area (TPSA) is 46.6 Å². The van der Waals surface area contributed by atoms with Gasteiger partial charge in [0, 0.05) is 30.7 Å². The Balaban J connectivity index is 2.25. The van der Waals surface area contributed by atoms with Gasteiger partial charge in [-0.15, -0.1) is 11.8 Å². The van der Waals surface area contributed by atoms with Crippen molar-refractivity contribution in [3.63, 3.8) is 0 Å². The lowest BCUT2D eigenvalue weighted by Crippen LogP contribution is -2.29. The second-order valence-electron chi connectivity index (χ2n) is 4.55. The molecule has 0 saturated carbocycles. The van der Waals surface area contributed by atoms with Crippen molar-refractivity contribution in [3.05, 3.63) is 29.8 Å².